The van der Waals surface area contributed by atoms with Gasteiger partial charge >= 0.3 is 0 Å². The lowest BCUT2D eigenvalue weighted by Crippen LogP contribution is -2.03. The van der Waals surface area contributed by atoms with Crippen molar-refractivity contribution in [1.82, 2.24) is 19.1 Å². The molecule has 0 radical (unpaired) electrons. The van der Waals surface area contributed by atoms with Crippen molar-refractivity contribution in [2.75, 3.05) is 0 Å². The quantitative estimate of drug-likeness (QED) is 0.180. The first-order valence-electron chi connectivity index (χ1n) is 20.0. The fourth-order valence-corrected chi connectivity index (χ4v) is 9.37. The highest BCUT2D eigenvalue weighted by atomic mass is 16.3. The van der Waals surface area contributed by atoms with Crippen molar-refractivity contribution in [3.05, 3.63) is 194 Å². The Labute approximate surface area is 337 Å². The number of nitrogens with zero attached hydrogens (tertiary/aromatic N) is 4. The second-order valence-electron chi connectivity index (χ2n) is 15.4. The molecule has 0 fully saturated rings. The Hall–Kier alpha value is -8.02. The molecule has 0 saturated carbocycles. The lowest BCUT2D eigenvalue weighted by molar-refractivity contribution is 0.669. The third kappa shape index (κ3) is 4.79. The molecule has 0 aliphatic rings. The second kappa shape index (κ2) is 12.2. The van der Waals surface area contributed by atoms with E-state index < -0.39 is 0 Å². The van der Waals surface area contributed by atoms with E-state index in [1.165, 1.54) is 32.8 Å². The van der Waals surface area contributed by atoms with Gasteiger partial charge in [-0.05, 0) is 101 Å². The smallest absolute Gasteiger partial charge is 0.235 e. The number of para-hydroxylation sites is 4. The standard InChI is InChI=1S/C54H32N4O/c1-2-14-38(15-3-1)57-47-20-10-7-16-39(47)43-28-35(23-26-49(43)57)36-24-27-50-44(29-36)40-17-8-11-21-48(40)58(50)54-55-46-19-9-6-18-42(46)53(56-54)37-22-25-41-45-30-33-12-4-5-13-34(33)31-52(45)59-51(41)32-37/h1-32H. The first-order chi connectivity index (χ1) is 29.2. The van der Waals surface area contributed by atoms with Crippen LogP contribution < -0.4 is 0 Å². The van der Waals surface area contributed by atoms with E-state index in [2.05, 4.69) is 197 Å². The summed E-state index contributed by atoms with van der Waals surface area (Å²) in [7, 11) is 0. The van der Waals surface area contributed by atoms with Crippen molar-refractivity contribution in [1.29, 1.82) is 0 Å². The molecule has 9 aromatic carbocycles. The van der Waals surface area contributed by atoms with Gasteiger partial charge < -0.3 is 8.98 Å². The van der Waals surface area contributed by atoms with Crippen molar-refractivity contribution in [3.63, 3.8) is 0 Å². The van der Waals surface area contributed by atoms with Gasteiger partial charge in [-0.3, -0.25) is 4.57 Å². The molecule has 0 atom stereocenters. The van der Waals surface area contributed by atoms with Crippen LogP contribution in [0.2, 0.25) is 0 Å². The van der Waals surface area contributed by atoms with Crippen LogP contribution in [-0.2, 0) is 0 Å². The number of benzene rings is 9. The normalized spacial score (nSPS) is 12.1. The highest BCUT2D eigenvalue weighted by Crippen LogP contribution is 2.40. The minimum atomic E-state index is 0.628. The van der Waals surface area contributed by atoms with Crippen LogP contribution in [0.1, 0.15) is 0 Å². The lowest BCUT2D eigenvalue weighted by Gasteiger charge is -2.12. The van der Waals surface area contributed by atoms with E-state index in [9.17, 15) is 0 Å². The Morgan fingerprint density at radius 3 is 1.64 bits per heavy atom. The molecule has 0 spiro atoms. The van der Waals surface area contributed by atoms with Gasteiger partial charge in [-0.1, -0.05) is 115 Å². The zero-order valence-electron chi connectivity index (χ0n) is 31.7. The van der Waals surface area contributed by atoms with Crippen molar-refractivity contribution in [2.45, 2.75) is 0 Å². The average molecular weight is 753 g/mol. The molecule has 4 heterocycles. The van der Waals surface area contributed by atoms with E-state index in [0.29, 0.717) is 5.95 Å². The maximum Gasteiger partial charge on any atom is 0.235 e. The Kier molecular flexibility index (Phi) is 6.66. The number of rotatable bonds is 4. The molecule has 0 saturated heterocycles. The molecule has 0 aliphatic carbocycles. The van der Waals surface area contributed by atoms with Crippen LogP contribution in [0.3, 0.4) is 0 Å². The van der Waals surface area contributed by atoms with Gasteiger partial charge in [-0.25, -0.2) is 9.97 Å². The van der Waals surface area contributed by atoms with Crippen molar-refractivity contribution >= 4 is 87.2 Å². The van der Waals surface area contributed by atoms with E-state index in [1.54, 1.807) is 0 Å². The molecule has 4 aromatic heterocycles. The second-order valence-corrected chi connectivity index (χ2v) is 15.4. The van der Waals surface area contributed by atoms with Crippen LogP contribution >= 0.6 is 0 Å². The topological polar surface area (TPSA) is 48.8 Å². The van der Waals surface area contributed by atoms with Gasteiger partial charge in [0.1, 0.15) is 11.2 Å². The summed E-state index contributed by atoms with van der Waals surface area (Å²) in [4.78, 5) is 10.6. The SMILES string of the molecule is c1ccc(-n2c3ccccc3c3cc(-c4ccc5c(c4)c4ccccc4n5-c4nc(-c5ccc6c(c5)oc5cc7ccccc7cc56)c5ccccc5n4)ccc32)cc1. The van der Waals surface area contributed by atoms with Gasteiger partial charge in [0.15, 0.2) is 0 Å². The molecule has 59 heavy (non-hydrogen) atoms. The molecule has 5 nitrogen and oxygen atoms in total. The minimum absolute atomic E-state index is 0.628. The Balaban J connectivity index is 0.980. The zero-order chi connectivity index (χ0) is 38.6. The van der Waals surface area contributed by atoms with Crippen molar-refractivity contribution < 1.29 is 4.42 Å². The predicted octanol–water partition coefficient (Wildman–Crippen LogP) is 14.2. The van der Waals surface area contributed by atoms with Gasteiger partial charge in [0.25, 0.3) is 0 Å². The van der Waals surface area contributed by atoms with Crippen LogP contribution in [0.5, 0.6) is 0 Å². The van der Waals surface area contributed by atoms with Gasteiger partial charge in [0.2, 0.25) is 5.95 Å². The van der Waals surface area contributed by atoms with Gasteiger partial charge in [-0.2, -0.15) is 0 Å². The summed E-state index contributed by atoms with van der Waals surface area (Å²) in [6.45, 7) is 0. The minimum Gasteiger partial charge on any atom is -0.456 e. The largest absolute Gasteiger partial charge is 0.456 e. The van der Waals surface area contributed by atoms with Crippen LogP contribution in [0.15, 0.2) is 199 Å². The van der Waals surface area contributed by atoms with Gasteiger partial charge in [0.05, 0.1) is 33.3 Å². The molecule has 274 valence electrons. The molecule has 0 unspecified atom stereocenters. The molecule has 0 aliphatic heterocycles. The van der Waals surface area contributed by atoms with E-state index in [1.807, 2.05) is 6.07 Å². The fraction of sp³-hybridized carbons (Fsp3) is 0. The fourth-order valence-electron chi connectivity index (χ4n) is 9.37. The highest BCUT2D eigenvalue weighted by molar-refractivity contribution is 6.14. The summed E-state index contributed by atoms with van der Waals surface area (Å²) in [6, 6.07) is 69.1. The van der Waals surface area contributed by atoms with Crippen LogP contribution in [0, 0.1) is 0 Å². The van der Waals surface area contributed by atoms with E-state index >= 15 is 0 Å². The summed E-state index contributed by atoms with van der Waals surface area (Å²) in [5, 5.41) is 10.3. The van der Waals surface area contributed by atoms with Crippen LogP contribution in [-0.4, -0.2) is 19.1 Å². The lowest BCUT2D eigenvalue weighted by atomic mass is 10.0. The summed E-state index contributed by atoms with van der Waals surface area (Å²) in [6.07, 6.45) is 0. The van der Waals surface area contributed by atoms with E-state index in [4.69, 9.17) is 14.4 Å². The van der Waals surface area contributed by atoms with E-state index in [-0.39, 0.29) is 0 Å². The van der Waals surface area contributed by atoms with Gasteiger partial charge in [-0.15, -0.1) is 0 Å². The Morgan fingerprint density at radius 1 is 0.339 bits per heavy atom. The molecule has 5 heteroatoms. The average Bonchev–Trinajstić information content (AvgIpc) is 3.94. The number of hydrogen-bond acceptors (Lipinski definition) is 3. The van der Waals surface area contributed by atoms with Crippen LogP contribution in [0.25, 0.3) is 121 Å². The molecule has 0 amide bonds. The molecule has 13 rings (SSSR count). The molecule has 13 aromatic rings. The van der Waals surface area contributed by atoms with Crippen molar-refractivity contribution in [3.8, 4) is 34.0 Å². The first kappa shape index (κ1) is 32.1. The first-order valence-corrected chi connectivity index (χ1v) is 20.0. The van der Waals surface area contributed by atoms with E-state index in [0.717, 1.165) is 82.5 Å². The Bertz CT molecular complexity index is 3850. The number of fused-ring (bicyclic) bond motifs is 11. The van der Waals surface area contributed by atoms with Crippen LogP contribution in [0.4, 0.5) is 0 Å². The Morgan fingerprint density at radius 2 is 0.898 bits per heavy atom. The third-order valence-corrected chi connectivity index (χ3v) is 12.1. The number of furan rings is 1. The molecular formula is C54H32N4O. The zero-order valence-corrected chi connectivity index (χ0v) is 31.7. The molecule has 0 bridgehead atoms. The maximum absolute atomic E-state index is 6.52. The maximum atomic E-state index is 6.52. The summed E-state index contributed by atoms with van der Waals surface area (Å²) in [5.41, 5.74) is 12.4. The summed E-state index contributed by atoms with van der Waals surface area (Å²) < 4.78 is 11.1. The predicted molar refractivity (Wildman–Crippen MR) is 244 cm³/mol. The van der Waals surface area contributed by atoms with Gasteiger partial charge in [0, 0.05) is 49.0 Å². The number of hydrogen-bond donors (Lipinski definition) is 0. The summed E-state index contributed by atoms with van der Waals surface area (Å²) >= 11 is 0. The monoisotopic (exact) mass is 752 g/mol. The summed E-state index contributed by atoms with van der Waals surface area (Å²) in [5.74, 6) is 0.628. The highest BCUT2D eigenvalue weighted by Gasteiger charge is 2.20. The molecule has 0 N–H and O–H groups in total. The third-order valence-electron chi connectivity index (χ3n) is 12.1. The van der Waals surface area contributed by atoms with Crippen molar-refractivity contribution in [2.24, 2.45) is 0 Å². The number of aromatic nitrogens is 4. The molecular weight excluding hydrogens is 721 g/mol.